The van der Waals surface area contributed by atoms with Gasteiger partial charge < -0.3 is 25.2 Å². The van der Waals surface area contributed by atoms with Crippen LogP contribution in [0, 0.1) is 0 Å². The standard InChI is InChI=1S/C6H12O5/c7-2-1-3-4(8)5(9)6(10)11-3/h3-10H,1-2H2/t3-,4-,5+,6+/m0/s1. The molecule has 0 radical (unpaired) electrons. The summed E-state index contributed by atoms with van der Waals surface area (Å²) in [5, 5.41) is 35.4. The van der Waals surface area contributed by atoms with Crippen LogP contribution in [0.2, 0.25) is 0 Å². The number of aliphatic hydroxyl groups is 4. The smallest absolute Gasteiger partial charge is 0.183 e. The average molecular weight is 164 g/mol. The van der Waals surface area contributed by atoms with E-state index in [0.717, 1.165) is 0 Å². The fourth-order valence-corrected chi connectivity index (χ4v) is 1.09. The van der Waals surface area contributed by atoms with Gasteiger partial charge in [0.2, 0.25) is 0 Å². The molecule has 0 bridgehead atoms. The van der Waals surface area contributed by atoms with Gasteiger partial charge in [-0.25, -0.2) is 0 Å². The summed E-state index contributed by atoms with van der Waals surface area (Å²) in [6, 6.07) is 0. The summed E-state index contributed by atoms with van der Waals surface area (Å²) in [6.07, 6.45) is -4.13. The van der Waals surface area contributed by atoms with Gasteiger partial charge in [-0.05, 0) is 6.42 Å². The van der Waals surface area contributed by atoms with Crippen LogP contribution in [0.3, 0.4) is 0 Å². The topological polar surface area (TPSA) is 90.2 Å². The number of hydrogen-bond acceptors (Lipinski definition) is 5. The first-order valence-corrected chi connectivity index (χ1v) is 3.47. The largest absolute Gasteiger partial charge is 0.396 e. The van der Waals surface area contributed by atoms with Crippen molar-refractivity contribution in [1.82, 2.24) is 0 Å². The quantitative estimate of drug-likeness (QED) is 0.372. The van der Waals surface area contributed by atoms with Crippen LogP contribution in [0.5, 0.6) is 0 Å². The minimum Gasteiger partial charge on any atom is -0.396 e. The lowest BCUT2D eigenvalue weighted by atomic mass is 10.1. The summed E-state index contributed by atoms with van der Waals surface area (Å²) in [5.41, 5.74) is 0. The summed E-state index contributed by atoms with van der Waals surface area (Å²) in [5.74, 6) is 0. The van der Waals surface area contributed by atoms with E-state index in [4.69, 9.17) is 25.2 Å². The molecule has 11 heavy (non-hydrogen) atoms. The summed E-state index contributed by atoms with van der Waals surface area (Å²) >= 11 is 0. The summed E-state index contributed by atoms with van der Waals surface area (Å²) < 4.78 is 4.72. The third-order valence-electron chi connectivity index (χ3n) is 1.75. The monoisotopic (exact) mass is 164 g/mol. The molecule has 0 aromatic rings. The van der Waals surface area contributed by atoms with Gasteiger partial charge in [-0.15, -0.1) is 0 Å². The second-order valence-electron chi connectivity index (χ2n) is 2.56. The van der Waals surface area contributed by atoms with Gasteiger partial charge in [-0.1, -0.05) is 0 Å². The number of hydrogen-bond donors (Lipinski definition) is 4. The van der Waals surface area contributed by atoms with Crippen LogP contribution >= 0.6 is 0 Å². The first-order chi connectivity index (χ1) is 5.16. The molecule has 5 heteroatoms. The molecule has 4 N–H and O–H groups in total. The Hall–Kier alpha value is -0.200. The molecule has 1 fully saturated rings. The Morgan fingerprint density at radius 1 is 1.09 bits per heavy atom. The molecule has 1 heterocycles. The van der Waals surface area contributed by atoms with Gasteiger partial charge in [0.1, 0.15) is 12.2 Å². The molecule has 0 aromatic heterocycles. The van der Waals surface area contributed by atoms with E-state index in [-0.39, 0.29) is 13.0 Å². The predicted octanol–water partition coefficient (Wildman–Crippen LogP) is -2.19. The normalized spacial score (nSPS) is 44.7. The van der Waals surface area contributed by atoms with Gasteiger partial charge in [0.05, 0.1) is 6.10 Å². The Balaban J connectivity index is 2.45. The third-order valence-corrected chi connectivity index (χ3v) is 1.75. The Morgan fingerprint density at radius 3 is 2.09 bits per heavy atom. The summed E-state index contributed by atoms with van der Waals surface area (Å²) in [6.45, 7) is -0.138. The maximum absolute atomic E-state index is 9.11. The molecule has 0 aromatic carbocycles. The molecule has 1 aliphatic rings. The van der Waals surface area contributed by atoms with Crippen molar-refractivity contribution >= 4 is 0 Å². The highest BCUT2D eigenvalue weighted by Crippen LogP contribution is 2.21. The number of aliphatic hydroxyl groups excluding tert-OH is 4. The van der Waals surface area contributed by atoms with E-state index in [0.29, 0.717) is 0 Å². The van der Waals surface area contributed by atoms with Crippen molar-refractivity contribution < 1.29 is 25.2 Å². The van der Waals surface area contributed by atoms with Crippen molar-refractivity contribution in [2.45, 2.75) is 31.0 Å². The van der Waals surface area contributed by atoms with Gasteiger partial charge in [0.15, 0.2) is 6.29 Å². The maximum Gasteiger partial charge on any atom is 0.183 e. The molecule has 5 nitrogen and oxygen atoms in total. The maximum atomic E-state index is 9.11. The van der Waals surface area contributed by atoms with Crippen LogP contribution in [-0.4, -0.2) is 51.6 Å². The third kappa shape index (κ3) is 1.69. The molecule has 4 atom stereocenters. The molecule has 0 unspecified atom stereocenters. The van der Waals surface area contributed by atoms with E-state index >= 15 is 0 Å². The average Bonchev–Trinajstić information content (AvgIpc) is 2.19. The molecule has 1 saturated heterocycles. The van der Waals surface area contributed by atoms with Crippen LogP contribution in [-0.2, 0) is 4.74 Å². The van der Waals surface area contributed by atoms with Crippen molar-refractivity contribution in [3.8, 4) is 0 Å². The van der Waals surface area contributed by atoms with Gasteiger partial charge in [0, 0.05) is 6.61 Å². The van der Waals surface area contributed by atoms with E-state index in [1.54, 1.807) is 0 Å². The van der Waals surface area contributed by atoms with Crippen LogP contribution in [0.15, 0.2) is 0 Å². The fourth-order valence-electron chi connectivity index (χ4n) is 1.09. The Labute approximate surface area is 63.8 Å². The van der Waals surface area contributed by atoms with Crippen molar-refractivity contribution in [3.05, 3.63) is 0 Å². The summed E-state index contributed by atoms with van der Waals surface area (Å²) in [4.78, 5) is 0. The van der Waals surface area contributed by atoms with Crippen LogP contribution in [0.25, 0.3) is 0 Å². The van der Waals surface area contributed by atoms with E-state index in [2.05, 4.69) is 0 Å². The van der Waals surface area contributed by atoms with Gasteiger partial charge in [0.25, 0.3) is 0 Å². The lowest BCUT2D eigenvalue weighted by Gasteiger charge is -2.11. The van der Waals surface area contributed by atoms with Crippen LogP contribution < -0.4 is 0 Å². The van der Waals surface area contributed by atoms with Crippen molar-refractivity contribution in [2.24, 2.45) is 0 Å². The zero-order valence-electron chi connectivity index (χ0n) is 5.92. The van der Waals surface area contributed by atoms with E-state index in [1.165, 1.54) is 0 Å². The first kappa shape index (κ1) is 8.89. The Morgan fingerprint density at radius 2 is 1.73 bits per heavy atom. The Kier molecular flexibility index (Phi) is 2.80. The van der Waals surface area contributed by atoms with Crippen molar-refractivity contribution in [3.63, 3.8) is 0 Å². The Bertz CT molecular complexity index is 128. The number of ether oxygens (including phenoxy) is 1. The molecule has 1 aliphatic heterocycles. The molecule has 66 valence electrons. The second kappa shape index (κ2) is 3.46. The van der Waals surface area contributed by atoms with Gasteiger partial charge in [-0.3, -0.25) is 0 Å². The second-order valence-corrected chi connectivity index (χ2v) is 2.56. The summed E-state index contributed by atoms with van der Waals surface area (Å²) in [7, 11) is 0. The van der Waals surface area contributed by atoms with E-state index in [1.807, 2.05) is 0 Å². The SMILES string of the molecule is OCC[C@@H]1O[C@@H](O)[C@H](O)[C@H]1O. The van der Waals surface area contributed by atoms with Crippen LogP contribution in [0.1, 0.15) is 6.42 Å². The van der Waals surface area contributed by atoms with Gasteiger partial charge in [-0.2, -0.15) is 0 Å². The van der Waals surface area contributed by atoms with Gasteiger partial charge >= 0.3 is 0 Å². The lowest BCUT2D eigenvalue weighted by Crippen LogP contribution is -2.32. The highest BCUT2D eigenvalue weighted by molar-refractivity contribution is 4.85. The predicted molar refractivity (Wildman–Crippen MR) is 34.6 cm³/mol. The van der Waals surface area contributed by atoms with E-state index < -0.39 is 24.6 Å². The lowest BCUT2D eigenvalue weighted by molar-refractivity contribution is -0.129. The molecule has 0 amide bonds. The zero-order valence-corrected chi connectivity index (χ0v) is 5.92. The minimum absolute atomic E-state index is 0.138. The molecular formula is C6H12O5. The highest BCUT2D eigenvalue weighted by atomic mass is 16.6. The molecule has 0 spiro atoms. The van der Waals surface area contributed by atoms with Crippen molar-refractivity contribution in [2.75, 3.05) is 6.61 Å². The van der Waals surface area contributed by atoms with Crippen molar-refractivity contribution in [1.29, 1.82) is 0 Å². The molecular weight excluding hydrogens is 152 g/mol. The van der Waals surface area contributed by atoms with E-state index in [9.17, 15) is 0 Å². The zero-order chi connectivity index (χ0) is 8.43. The first-order valence-electron chi connectivity index (χ1n) is 3.47. The fraction of sp³-hybridized carbons (Fsp3) is 1.00. The minimum atomic E-state index is -1.33. The highest BCUT2D eigenvalue weighted by Gasteiger charge is 2.40. The molecule has 0 saturated carbocycles. The molecule has 0 aliphatic carbocycles. The molecule has 1 rings (SSSR count). The van der Waals surface area contributed by atoms with Crippen LogP contribution in [0.4, 0.5) is 0 Å². The number of rotatable bonds is 2.